The number of hydrogen-bond donors (Lipinski definition) is 1. The van der Waals surface area contributed by atoms with Crippen LogP contribution in [0.15, 0.2) is 23.1 Å². The molecule has 0 amide bonds. The van der Waals surface area contributed by atoms with Crippen molar-refractivity contribution in [3.63, 3.8) is 0 Å². The Bertz CT molecular complexity index is 475. The maximum atomic E-state index is 11.7. The first-order chi connectivity index (χ1) is 7.97. The van der Waals surface area contributed by atoms with Crippen LogP contribution in [-0.4, -0.2) is 28.7 Å². The van der Waals surface area contributed by atoms with Gasteiger partial charge in [0.25, 0.3) is 10.0 Å². The second-order valence-corrected chi connectivity index (χ2v) is 5.39. The Balaban J connectivity index is 2.72. The quantitative estimate of drug-likeness (QED) is 0.633. The minimum absolute atomic E-state index is 0.0607. The first-order valence-corrected chi connectivity index (χ1v) is 6.72. The monoisotopic (exact) mass is 279 g/mol. The van der Waals surface area contributed by atoms with Crippen LogP contribution in [-0.2, 0) is 19.6 Å². The maximum Gasteiger partial charge on any atom is 0.262 e. The molecular formula is C10H14ClNO4S. The standard InChI is InChI=1S/C10H14ClNO4S/c1-8-3-4-9(7-10(8)11)17(13,14)12-16-6-5-15-2/h3-4,7,12H,5-6H2,1-2H3. The summed E-state index contributed by atoms with van der Waals surface area (Å²) in [5.41, 5.74) is 0.811. The van der Waals surface area contributed by atoms with Gasteiger partial charge in [-0.15, -0.1) is 0 Å². The van der Waals surface area contributed by atoms with Crippen molar-refractivity contribution in [1.82, 2.24) is 4.89 Å². The van der Waals surface area contributed by atoms with E-state index >= 15 is 0 Å². The smallest absolute Gasteiger partial charge is 0.262 e. The normalized spacial score (nSPS) is 11.7. The van der Waals surface area contributed by atoms with Crippen LogP contribution in [0.5, 0.6) is 0 Å². The Labute approximate surface area is 106 Å². The molecule has 0 aliphatic heterocycles. The van der Waals surface area contributed by atoms with Crippen LogP contribution in [0, 0.1) is 6.92 Å². The minimum Gasteiger partial charge on any atom is -0.382 e. The average molecular weight is 280 g/mol. The van der Waals surface area contributed by atoms with Crippen LogP contribution in [0.4, 0.5) is 0 Å². The highest BCUT2D eigenvalue weighted by atomic mass is 35.5. The van der Waals surface area contributed by atoms with Gasteiger partial charge in [0, 0.05) is 12.1 Å². The number of benzene rings is 1. The molecule has 0 saturated carbocycles. The van der Waals surface area contributed by atoms with E-state index in [1.807, 2.05) is 4.89 Å². The van der Waals surface area contributed by atoms with Gasteiger partial charge in [-0.05, 0) is 24.6 Å². The highest BCUT2D eigenvalue weighted by Gasteiger charge is 2.14. The molecule has 1 N–H and O–H groups in total. The summed E-state index contributed by atoms with van der Waals surface area (Å²) in [5.74, 6) is 0. The van der Waals surface area contributed by atoms with E-state index in [1.54, 1.807) is 13.0 Å². The van der Waals surface area contributed by atoms with Gasteiger partial charge in [0.05, 0.1) is 18.1 Å². The summed E-state index contributed by atoms with van der Waals surface area (Å²) >= 11 is 5.85. The predicted molar refractivity (Wildman–Crippen MR) is 64.3 cm³/mol. The molecule has 0 heterocycles. The first kappa shape index (κ1) is 14.4. The molecule has 0 bridgehead atoms. The van der Waals surface area contributed by atoms with Crippen molar-refractivity contribution in [2.24, 2.45) is 0 Å². The van der Waals surface area contributed by atoms with E-state index in [1.165, 1.54) is 19.2 Å². The molecule has 0 radical (unpaired) electrons. The molecule has 0 unspecified atom stereocenters. The fraction of sp³-hybridized carbons (Fsp3) is 0.400. The van der Waals surface area contributed by atoms with Gasteiger partial charge >= 0.3 is 0 Å². The van der Waals surface area contributed by atoms with Crippen molar-refractivity contribution in [1.29, 1.82) is 0 Å². The van der Waals surface area contributed by atoms with E-state index in [-0.39, 0.29) is 11.5 Å². The Morgan fingerprint density at radius 3 is 2.65 bits per heavy atom. The molecular weight excluding hydrogens is 266 g/mol. The zero-order chi connectivity index (χ0) is 12.9. The van der Waals surface area contributed by atoms with E-state index < -0.39 is 10.0 Å². The summed E-state index contributed by atoms with van der Waals surface area (Å²) < 4.78 is 28.2. The Morgan fingerprint density at radius 1 is 1.35 bits per heavy atom. The average Bonchev–Trinajstić information content (AvgIpc) is 2.28. The lowest BCUT2D eigenvalue weighted by molar-refractivity contribution is 0.0438. The van der Waals surface area contributed by atoms with Gasteiger partial charge in [0.15, 0.2) is 0 Å². The summed E-state index contributed by atoms with van der Waals surface area (Å²) in [6.45, 7) is 2.23. The Kier molecular flexibility index (Phi) is 5.35. The number of nitrogens with one attached hydrogen (secondary N) is 1. The first-order valence-electron chi connectivity index (χ1n) is 4.86. The molecule has 17 heavy (non-hydrogen) atoms. The van der Waals surface area contributed by atoms with E-state index in [2.05, 4.69) is 0 Å². The predicted octanol–water partition coefficient (Wildman–Crippen LogP) is 1.50. The third-order valence-electron chi connectivity index (χ3n) is 2.01. The largest absolute Gasteiger partial charge is 0.382 e. The van der Waals surface area contributed by atoms with E-state index in [0.717, 1.165) is 5.56 Å². The third kappa shape index (κ3) is 4.25. The molecule has 7 heteroatoms. The lowest BCUT2D eigenvalue weighted by Gasteiger charge is -2.07. The summed E-state index contributed by atoms with van der Waals surface area (Å²) in [7, 11) is -2.19. The number of halogens is 1. The van der Waals surface area contributed by atoms with Crippen LogP contribution >= 0.6 is 11.6 Å². The second kappa shape index (κ2) is 6.32. The molecule has 0 spiro atoms. The topological polar surface area (TPSA) is 64.6 Å². The van der Waals surface area contributed by atoms with Crippen LogP contribution in [0.2, 0.25) is 5.02 Å². The van der Waals surface area contributed by atoms with Crippen LogP contribution in [0.1, 0.15) is 5.56 Å². The van der Waals surface area contributed by atoms with E-state index in [9.17, 15) is 8.42 Å². The van der Waals surface area contributed by atoms with Gasteiger partial charge in [-0.2, -0.15) is 0 Å². The SMILES string of the molecule is COCCONS(=O)(=O)c1ccc(C)c(Cl)c1. The molecule has 0 aliphatic rings. The number of rotatable bonds is 6. The van der Waals surface area contributed by atoms with Gasteiger partial charge in [-0.1, -0.05) is 22.6 Å². The zero-order valence-electron chi connectivity index (χ0n) is 9.57. The van der Waals surface area contributed by atoms with Gasteiger partial charge in [-0.3, -0.25) is 4.84 Å². The second-order valence-electron chi connectivity index (χ2n) is 3.34. The maximum absolute atomic E-state index is 11.7. The highest BCUT2D eigenvalue weighted by molar-refractivity contribution is 7.89. The number of sulfonamides is 1. The van der Waals surface area contributed by atoms with Gasteiger partial charge < -0.3 is 4.74 Å². The van der Waals surface area contributed by atoms with Crippen LogP contribution in [0.25, 0.3) is 0 Å². The van der Waals surface area contributed by atoms with Gasteiger partial charge in [-0.25, -0.2) is 8.42 Å². The van der Waals surface area contributed by atoms with Crippen molar-refractivity contribution < 1.29 is 18.0 Å². The lowest BCUT2D eigenvalue weighted by atomic mass is 10.2. The number of methoxy groups -OCH3 is 1. The highest BCUT2D eigenvalue weighted by Crippen LogP contribution is 2.19. The molecule has 0 saturated heterocycles. The molecule has 5 nitrogen and oxygen atoms in total. The minimum atomic E-state index is -3.69. The van der Waals surface area contributed by atoms with Crippen LogP contribution in [0.3, 0.4) is 0 Å². The fourth-order valence-electron chi connectivity index (χ4n) is 1.03. The number of hydrogen-bond acceptors (Lipinski definition) is 4. The molecule has 0 fully saturated rings. The van der Waals surface area contributed by atoms with Crippen molar-refractivity contribution in [2.75, 3.05) is 20.3 Å². The zero-order valence-corrected chi connectivity index (χ0v) is 11.1. The van der Waals surface area contributed by atoms with Gasteiger partial charge in [0.2, 0.25) is 0 Å². The fourth-order valence-corrected chi connectivity index (χ4v) is 2.13. The Hall–Kier alpha value is -0.660. The van der Waals surface area contributed by atoms with Crippen molar-refractivity contribution in [3.05, 3.63) is 28.8 Å². The van der Waals surface area contributed by atoms with Crippen molar-refractivity contribution >= 4 is 21.6 Å². The molecule has 0 aliphatic carbocycles. The van der Waals surface area contributed by atoms with Crippen molar-refractivity contribution in [2.45, 2.75) is 11.8 Å². The third-order valence-corrected chi connectivity index (χ3v) is 3.63. The van der Waals surface area contributed by atoms with E-state index in [4.69, 9.17) is 21.2 Å². The molecule has 0 aromatic heterocycles. The number of ether oxygens (including phenoxy) is 1. The van der Waals surface area contributed by atoms with Crippen LogP contribution < -0.4 is 4.89 Å². The summed E-state index contributed by atoms with van der Waals surface area (Å²) in [6.07, 6.45) is 0. The summed E-state index contributed by atoms with van der Waals surface area (Å²) in [5, 5.41) is 0.393. The molecule has 1 aromatic rings. The Morgan fingerprint density at radius 2 is 2.06 bits per heavy atom. The lowest BCUT2D eigenvalue weighted by Crippen LogP contribution is -2.25. The van der Waals surface area contributed by atoms with Crippen molar-refractivity contribution in [3.8, 4) is 0 Å². The number of aryl methyl sites for hydroxylation is 1. The summed E-state index contributed by atoms with van der Waals surface area (Å²) in [6, 6.07) is 4.47. The summed E-state index contributed by atoms with van der Waals surface area (Å²) in [4.78, 5) is 6.81. The molecule has 0 atom stereocenters. The van der Waals surface area contributed by atoms with Gasteiger partial charge in [0.1, 0.15) is 0 Å². The van der Waals surface area contributed by atoms with E-state index in [0.29, 0.717) is 11.6 Å². The molecule has 1 aromatic carbocycles. The molecule has 96 valence electrons. The molecule has 1 rings (SSSR count).